The van der Waals surface area contributed by atoms with E-state index in [4.69, 9.17) is 37.4 Å². The number of aryl methyl sites for hydroxylation is 1. The van der Waals surface area contributed by atoms with Crippen LogP contribution < -0.4 is 10.1 Å². The normalized spacial score (nSPS) is 13.5. The number of alkyl carbamates (subject to hydrolysis) is 1. The van der Waals surface area contributed by atoms with Crippen LogP contribution in [0.1, 0.15) is 60.5 Å². The molecule has 10 heteroatoms. The number of carbonyl (C=O) groups excluding carboxylic acids is 2. The third kappa shape index (κ3) is 11.0. The Morgan fingerprint density at radius 2 is 1.59 bits per heavy atom. The van der Waals surface area contributed by atoms with Gasteiger partial charge in [0.15, 0.2) is 0 Å². The topological polar surface area (TPSA) is 94.1 Å². The first-order valence-corrected chi connectivity index (χ1v) is 13.3. The molecule has 0 spiro atoms. The van der Waals surface area contributed by atoms with Crippen molar-refractivity contribution in [1.29, 1.82) is 0 Å². The van der Waals surface area contributed by atoms with E-state index in [-0.39, 0.29) is 6.61 Å². The highest BCUT2D eigenvalue weighted by molar-refractivity contribution is 7.99. The molecule has 7 nitrogen and oxygen atoms in total. The van der Waals surface area contributed by atoms with Gasteiger partial charge in [-0.2, -0.15) is 0 Å². The predicted molar refractivity (Wildman–Crippen MR) is 147 cm³/mol. The summed E-state index contributed by atoms with van der Waals surface area (Å²) < 4.78 is 16.0. The molecule has 1 atom stereocenters. The lowest BCUT2D eigenvalue weighted by molar-refractivity contribution is 0.0200. The number of hydrogen-bond donors (Lipinski definition) is 2. The standard InChI is InChI=1S/C27H35Cl2NO6S/c1-25(2,3)35-23(32)30-27(7,16-31)13-12-17-8-10-19(15-20(17)29)37-22-14-18(28)9-11-21(22)34-24(33)36-26(4,5)6/h8-11,14-15,31H,12-13,16H2,1-7H3,(H,30,32)/t27-/m0/s1. The van der Waals surface area contributed by atoms with Crippen LogP contribution in [0.25, 0.3) is 0 Å². The summed E-state index contributed by atoms with van der Waals surface area (Å²) in [5.74, 6) is 0.316. The monoisotopic (exact) mass is 571 g/mol. The number of benzene rings is 2. The Hall–Kier alpha value is -2.13. The van der Waals surface area contributed by atoms with E-state index in [9.17, 15) is 14.7 Å². The minimum atomic E-state index is -0.881. The molecule has 0 bridgehead atoms. The first-order chi connectivity index (χ1) is 17.0. The molecule has 2 rings (SSSR count). The van der Waals surface area contributed by atoms with Gasteiger partial charge in [0.05, 0.1) is 17.0 Å². The van der Waals surface area contributed by atoms with Gasteiger partial charge < -0.3 is 24.6 Å². The quantitative estimate of drug-likeness (QED) is 0.248. The molecule has 0 unspecified atom stereocenters. The lowest BCUT2D eigenvalue weighted by atomic mass is 9.94. The Labute approximate surface area is 233 Å². The van der Waals surface area contributed by atoms with Crippen molar-refractivity contribution in [3.63, 3.8) is 0 Å². The highest BCUT2D eigenvalue weighted by Gasteiger charge is 2.28. The Bertz CT molecular complexity index is 1110. The zero-order valence-electron chi connectivity index (χ0n) is 22.2. The predicted octanol–water partition coefficient (Wildman–Crippen LogP) is 7.67. The number of amides is 1. The van der Waals surface area contributed by atoms with Crippen LogP contribution in [0.3, 0.4) is 0 Å². The average molecular weight is 573 g/mol. The molecule has 0 aliphatic carbocycles. The molecule has 1 amide bonds. The van der Waals surface area contributed by atoms with Crippen molar-refractivity contribution in [2.24, 2.45) is 0 Å². The van der Waals surface area contributed by atoms with Crippen LogP contribution in [0.15, 0.2) is 46.2 Å². The van der Waals surface area contributed by atoms with Gasteiger partial charge in [-0.05, 0) is 97.2 Å². The summed E-state index contributed by atoms with van der Waals surface area (Å²) in [4.78, 5) is 25.8. The van der Waals surface area contributed by atoms with Crippen molar-refractivity contribution < 1.29 is 28.9 Å². The Kier molecular flexibility index (Phi) is 10.6. The van der Waals surface area contributed by atoms with Crippen molar-refractivity contribution in [3.05, 3.63) is 52.0 Å². The fraction of sp³-hybridized carbons (Fsp3) is 0.481. The zero-order valence-corrected chi connectivity index (χ0v) is 24.6. The second-order valence-corrected chi connectivity index (χ2v) is 12.8. The molecule has 2 aromatic carbocycles. The lowest BCUT2D eigenvalue weighted by Crippen LogP contribution is -2.50. The summed E-state index contributed by atoms with van der Waals surface area (Å²) in [7, 11) is 0. The van der Waals surface area contributed by atoms with Crippen molar-refractivity contribution in [1.82, 2.24) is 5.32 Å². The number of carbonyl (C=O) groups is 2. The molecule has 0 aromatic heterocycles. The van der Waals surface area contributed by atoms with Crippen molar-refractivity contribution in [2.45, 2.75) is 87.8 Å². The van der Waals surface area contributed by atoms with Crippen LogP contribution >= 0.6 is 35.0 Å². The molecule has 0 saturated heterocycles. The zero-order chi connectivity index (χ0) is 28.0. The molecule has 2 aromatic rings. The van der Waals surface area contributed by atoms with E-state index in [1.807, 2.05) is 12.1 Å². The second kappa shape index (κ2) is 12.6. The highest BCUT2D eigenvalue weighted by Crippen LogP contribution is 2.38. The van der Waals surface area contributed by atoms with Crippen molar-refractivity contribution in [2.75, 3.05) is 6.61 Å². The molecule has 2 N–H and O–H groups in total. The van der Waals surface area contributed by atoms with Gasteiger partial charge in [0, 0.05) is 14.9 Å². The van der Waals surface area contributed by atoms with E-state index in [1.54, 1.807) is 72.7 Å². The van der Waals surface area contributed by atoms with E-state index in [0.29, 0.717) is 33.5 Å². The highest BCUT2D eigenvalue weighted by atomic mass is 35.5. The summed E-state index contributed by atoms with van der Waals surface area (Å²) >= 11 is 14.1. The van der Waals surface area contributed by atoms with Crippen LogP contribution in [0.4, 0.5) is 9.59 Å². The fourth-order valence-electron chi connectivity index (χ4n) is 3.07. The smallest absolute Gasteiger partial charge is 0.444 e. The van der Waals surface area contributed by atoms with Crippen LogP contribution in [0, 0.1) is 0 Å². The minimum Gasteiger partial charge on any atom is -0.444 e. The largest absolute Gasteiger partial charge is 0.514 e. The van der Waals surface area contributed by atoms with Gasteiger partial charge in [0.25, 0.3) is 0 Å². The minimum absolute atomic E-state index is 0.257. The van der Waals surface area contributed by atoms with Crippen LogP contribution in [0.2, 0.25) is 10.0 Å². The molecule has 37 heavy (non-hydrogen) atoms. The van der Waals surface area contributed by atoms with E-state index >= 15 is 0 Å². The van der Waals surface area contributed by atoms with Gasteiger partial charge in [0.1, 0.15) is 17.0 Å². The third-order valence-corrected chi connectivity index (χ3v) is 6.45. The average Bonchev–Trinajstić information content (AvgIpc) is 2.72. The summed E-state index contributed by atoms with van der Waals surface area (Å²) in [6.07, 6.45) is -0.442. The van der Waals surface area contributed by atoms with Gasteiger partial charge in [-0.15, -0.1) is 0 Å². The first kappa shape index (κ1) is 31.1. The van der Waals surface area contributed by atoms with Crippen molar-refractivity contribution >= 4 is 47.2 Å². The molecule has 0 aliphatic heterocycles. The van der Waals surface area contributed by atoms with Gasteiger partial charge in [-0.3, -0.25) is 0 Å². The number of halogens is 2. The first-order valence-electron chi connectivity index (χ1n) is 11.8. The Balaban J connectivity index is 2.11. The number of aliphatic hydroxyl groups is 1. The SMILES string of the molecule is CC(C)(C)OC(=O)N[C@](C)(CO)CCc1ccc(Sc2cc(Cl)ccc2OC(=O)OC(C)(C)C)cc1Cl. The molecule has 204 valence electrons. The van der Waals surface area contributed by atoms with Crippen LogP contribution in [0.5, 0.6) is 5.75 Å². The van der Waals surface area contributed by atoms with Gasteiger partial charge in [0.2, 0.25) is 0 Å². The second-order valence-electron chi connectivity index (χ2n) is 10.9. The third-order valence-electron chi connectivity index (χ3n) is 4.84. The van der Waals surface area contributed by atoms with E-state index in [0.717, 1.165) is 10.5 Å². The van der Waals surface area contributed by atoms with E-state index in [2.05, 4.69) is 5.32 Å². The molecule has 0 radical (unpaired) electrons. The van der Waals surface area contributed by atoms with Gasteiger partial charge in [-0.25, -0.2) is 9.59 Å². The molecule has 0 aliphatic rings. The number of nitrogens with one attached hydrogen (secondary N) is 1. The maximum atomic E-state index is 12.2. The maximum Gasteiger partial charge on any atom is 0.514 e. The van der Waals surface area contributed by atoms with Crippen molar-refractivity contribution in [3.8, 4) is 5.75 Å². The van der Waals surface area contributed by atoms with Gasteiger partial charge in [-0.1, -0.05) is 41.0 Å². The molecule has 0 fully saturated rings. The maximum absolute atomic E-state index is 12.2. The number of hydrogen-bond acceptors (Lipinski definition) is 7. The van der Waals surface area contributed by atoms with E-state index in [1.165, 1.54) is 11.8 Å². The molecular weight excluding hydrogens is 537 g/mol. The molecule has 0 saturated carbocycles. The van der Waals surface area contributed by atoms with E-state index < -0.39 is 29.0 Å². The van der Waals surface area contributed by atoms with Gasteiger partial charge >= 0.3 is 12.2 Å². The summed E-state index contributed by atoms with van der Waals surface area (Å²) in [5, 5.41) is 13.7. The number of ether oxygens (including phenoxy) is 3. The summed E-state index contributed by atoms with van der Waals surface area (Å²) in [6, 6.07) is 10.5. The lowest BCUT2D eigenvalue weighted by Gasteiger charge is -2.30. The number of aliphatic hydroxyl groups excluding tert-OH is 1. The molecular formula is C27H35Cl2NO6S. The summed E-state index contributed by atoms with van der Waals surface area (Å²) in [6.45, 7) is 12.1. The van der Waals surface area contributed by atoms with Crippen LogP contribution in [-0.4, -0.2) is 40.7 Å². The summed E-state index contributed by atoms with van der Waals surface area (Å²) in [5.41, 5.74) is -1.35. The fourth-order valence-corrected chi connectivity index (χ4v) is 4.61. The number of rotatable bonds is 8. The molecule has 0 heterocycles. The Morgan fingerprint density at radius 3 is 2.16 bits per heavy atom. The van der Waals surface area contributed by atoms with Crippen LogP contribution in [-0.2, 0) is 15.9 Å². The Morgan fingerprint density at radius 1 is 0.946 bits per heavy atom.